The van der Waals surface area contributed by atoms with E-state index in [-0.39, 0.29) is 11.8 Å². The first-order chi connectivity index (χ1) is 8.69. The van der Waals surface area contributed by atoms with Gasteiger partial charge in [0, 0.05) is 26.1 Å². The summed E-state index contributed by atoms with van der Waals surface area (Å²) < 4.78 is 0. The lowest BCUT2D eigenvalue weighted by Crippen LogP contribution is -2.41. The molecular formula is C13H21N3O2. The molecule has 0 bridgehead atoms. The van der Waals surface area contributed by atoms with E-state index in [1.807, 2.05) is 0 Å². The molecule has 0 radical (unpaired) electrons. The van der Waals surface area contributed by atoms with Crippen LogP contribution in [-0.4, -0.2) is 60.9 Å². The number of carbonyl (C=O) groups is 2. The molecule has 2 amide bonds. The van der Waals surface area contributed by atoms with Gasteiger partial charge in [-0.1, -0.05) is 0 Å². The number of nitrogens with one attached hydrogen (secondary N) is 1. The Kier molecular flexibility index (Phi) is 3.11. The highest BCUT2D eigenvalue weighted by Gasteiger charge is 2.41. The number of imide groups is 1. The van der Waals surface area contributed by atoms with Crippen molar-refractivity contribution in [3.63, 3.8) is 0 Å². The number of amides is 2. The maximum absolute atomic E-state index is 12.1. The van der Waals surface area contributed by atoms with Crippen molar-refractivity contribution in [2.45, 2.75) is 25.7 Å². The van der Waals surface area contributed by atoms with Crippen LogP contribution in [0.3, 0.4) is 0 Å². The van der Waals surface area contributed by atoms with Gasteiger partial charge in [0.25, 0.3) is 0 Å². The average Bonchev–Trinajstić information content (AvgIpc) is 3.03. The largest absolute Gasteiger partial charge is 0.316 e. The topological polar surface area (TPSA) is 52.7 Å². The molecule has 0 aromatic rings. The summed E-state index contributed by atoms with van der Waals surface area (Å²) >= 11 is 0. The lowest BCUT2D eigenvalue weighted by Gasteiger charge is -2.23. The fourth-order valence-corrected chi connectivity index (χ4v) is 3.50. The van der Waals surface area contributed by atoms with Crippen molar-refractivity contribution in [2.24, 2.45) is 5.41 Å². The van der Waals surface area contributed by atoms with Crippen LogP contribution >= 0.6 is 0 Å². The molecule has 3 fully saturated rings. The number of carbonyl (C=O) groups excluding carboxylic acids is 2. The van der Waals surface area contributed by atoms with Crippen LogP contribution in [0.15, 0.2) is 0 Å². The monoisotopic (exact) mass is 251 g/mol. The normalized spacial score (nSPS) is 32.9. The first kappa shape index (κ1) is 12.1. The molecule has 5 nitrogen and oxygen atoms in total. The second-order valence-electron chi connectivity index (χ2n) is 5.93. The Labute approximate surface area is 107 Å². The zero-order valence-electron chi connectivity index (χ0n) is 10.8. The Morgan fingerprint density at radius 2 is 2.22 bits per heavy atom. The molecule has 1 unspecified atom stereocenters. The molecule has 3 aliphatic rings. The second-order valence-corrected chi connectivity index (χ2v) is 5.93. The van der Waals surface area contributed by atoms with E-state index in [0.29, 0.717) is 24.9 Å². The highest BCUT2D eigenvalue weighted by atomic mass is 16.2. The predicted molar refractivity (Wildman–Crippen MR) is 66.9 cm³/mol. The van der Waals surface area contributed by atoms with Gasteiger partial charge in [-0.3, -0.25) is 19.4 Å². The Hall–Kier alpha value is -0.940. The average molecular weight is 251 g/mol. The summed E-state index contributed by atoms with van der Waals surface area (Å²) in [6, 6.07) is 0. The van der Waals surface area contributed by atoms with Crippen LogP contribution in [0.5, 0.6) is 0 Å². The SMILES string of the molecule is O=C1CCCN1C(=O)CN1CCC2(CCNC2)C1. The number of hydrogen-bond donors (Lipinski definition) is 1. The van der Waals surface area contributed by atoms with Crippen molar-refractivity contribution >= 4 is 11.8 Å². The second kappa shape index (κ2) is 4.63. The van der Waals surface area contributed by atoms with Crippen LogP contribution in [0.1, 0.15) is 25.7 Å². The number of nitrogens with zero attached hydrogens (tertiary/aromatic N) is 2. The molecule has 0 aliphatic carbocycles. The summed E-state index contributed by atoms with van der Waals surface area (Å²) in [5.41, 5.74) is 0.398. The van der Waals surface area contributed by atoms with Crippen molar-refractivity contribution in [3.8, 4) is 0 Å². The number of hydrogen-bond acceptors (Lipinski definition) is 4. The van der Waals surface area contributed by atoms with Crippen molar-refractivity contribution in [2.75, 3.05) is 39.3 Å². The molecule has 5 heteroatoms. The van der Waals surface area contributed by atoms with Gasteiger partial charge in [-0.15, -0.1) is 0 Å². The van der Waals surface area contributed by atoms with Crippen LogP contribution in [0.4, 0.5) is 0 Å². The van der Waals surface area contributed by atoms with Gasteiger partial charge in [0.15, 0.2) is 0 Å². The smallest absolute Gasteiger partial charge is 0.243 e. The standard InChI is InChI=1S/C13H21N3O2/c17-11-2-1-6-16(11)12(18)8-15-7-4-13(10-15)3-5-14-9-13/h14H,1-10H2. The zero-order valence-corrected chi connectivity index (χ0v) is 10.8. The Morgan fingerprint density at radius 1 is 1.33 bits per heavy atom. The Balaban J connectivity index is 1.54. The zero-order chi connectivity index (χ0) is 12.6. The van der Waals surface area contributed by atoms with Gasteiger partial charge in [-0.25, -0.2) is 0 Å². The van der Waals surface area contributed by atoms with E-state index in [1.165, 1.54) is 17.7 Å². The van der Waals surface area contributed by atoms with Gasteiger partial charge in [-0.05, 0) is 37.8 Å². The molecule has 1 N–H and O–H groups in total. The molecule has 3 aliphatic heterocycles. The predicted octanol–water partition coefficient (Wildman–Crippen LogP) is -0.179. The van der Waals surface area contributed by atoms with Gasteiger partial charge in [-0.2, -0.15) is 0 Å². The molecular weight excluding hydrogens is 230 g/mol. The molecule has 100 valence electrons. The summed E-state index contributed by atoms with van der Waals surface area (Å²) in [6.45, 7) is 5.24. The quantitative estimate of drug-likeness (QED) is 0.740. The fourth-order valence-electron chi connectivity index (χ4n) is 3.50. The highest BCUT2D eigenvalue weighted by Crippen LogP contribution is 2.35. The molecule has 18 heavy (non-hydrogen) atoms. The van der Waals surface area contributed by atoms with Gasteiger partial charge >= 0.3 is 0 Å². The number of likely N-dealkylation sites (tertiary alicyclic amines) is 2. The summed E-state index contributed by atoms with van der Waals surface area (Å²) in [6.07, 6.45) is 3.78. The van der Waals surface area contributed by atoms with Crippen LogP contribution in [0.25, 0.3) is 0 Å². The molecule has 3 saturated heterocycles. The first-order valence-electron chi connectivity index (χ1n) is 6.95. The Bertz CT molecular complexity index is 363. The minimum atomic E-state index is 0.000469. The van der Waals surface area contributed by atoms with E-state index in [1.54, 1.807) is 0 Å². The molecule has 3 heterocycles. The molecule has 0 aromatic carbocycles. The van der Waals surface area contributed by atoms with Crippen molar-refractivity contribution in [1.82, 2.24) is 15.1 Å². The van der Waals surface area contributed by atoms with E-state index < -0.39 is 0 Å². The maximum atomic E-state index is 12.1. The molecule has 0 aromatic heterocycles. The molecule has 0 saturated carbocycles. The number of rotatable bonds is 2. The van der Waals surface area contributed by atoms with Crippen LogP contribution < -0.4 is 5.32 Å². The van der Waals surface area contributed by atoms with Crippen molar-refractivity contribution in [1.29, 1.82) is 0 Å². The van der Waals surface area contributed by atoms with E-state index in [0.717, 1.165) is 32.6 Å². The van der Waals surface area contributed by atoms with Gasteiger partial charge < -0.3 is 5.32 Å². The maximum Gasteiger partial charge on any atom is 0.243 e. The van der Waals surface area contributed by atoms with Gasteiger partial charge in [0.2, 0.25) is 11.8 Å². The third kappa shape index (κ3) is 2.17. The lowest BCUT2D eigenvalue weighted by molar-refractivity contribution is -0.142. The summed E-state index contributed by atoms with van der Waals surface area (Å²) in [5.74, 6) is 0.0111. The minimum absolute atomic E-state index is 0.000469. The summed E-state index contributed by atoms with van der Waals surface area (Å²) in [4.78, 5) is 27.2. The third-order valence-corrected chi connectivity index (χ3v) is 4.58. The Morgan fingerprint density at radius 3 is 2.89 bits per heavy atom. The molecule has 3 rings (SSSR count). The third-order valence-electron chi connectivity index (χ3n) is 4.58. The first-order valence-corrected chi connectivity index (χ1v) is 6.95. The van der Waals surface area contributed by atoms with Gasteiger partial charge in [0.05, 0.1) is 6.54 Å². The van der Waals surface area contributed by atoms with Crippen molar-refractivity contribution < 1.29 is 9.59 Å². The minimum Gasteiger partial charge on any atom is -0.316 e. The molecule has 1 spiro atoms. The van der Waals surface area contributed by atoms with Crippen LogP contribution in [-0.2, 0) is 9.59 Å². The van der Waals surface area contributed by atoms with E-state index in [4.69, 9.17) is 0 Å². The lowest BCUT2D eigenvalue weighted by atomic mass is 9.87. The molecule has 1 atom stereocenters. The van der Waals surface area contributed by atoms with Crippen molar-refractivity contribution in [3.05, 3.63) is 0 Å². The summed E-state index contributed by atoms with van der Waals surface area (Å²) in [7, 11) is 0. The summed E-state index contributed by atoms with van der Waals surface area (Å²) in [5, 5.41) is 3.41. The van der Waals surface area contributed by atoms with Gasteiger partial charge in [0.1, 0.15) is 0 Å². The van der Waals surface area contributed by atoms with Crippen LogP contribution in [0, 0.1) is 5.41 Å². The van der Waals surface area contributed by atoms with Crippen LogP contribution in [0.2, 0.25) is 0 Å². The van der Waals surface area contributed by atoms with E-state index >= 15 is 0 Å². The van der Waals surface area contributed by atoms with E-state index in [9.17, 15) is 9.59 Å². The van der Waals surface area contributed by atoms with E-state index in [2.05, 4.69) is 10.2 Å². The highest BCUT2D eigenvalue weighted by molar-refractivity contribution is 5.97. The fraction of sp³-hybridized carbons (Fsp3) is 0.846.